The van der Waals surface area contributed by atoms with Crippen molar-refractivity contribution in [2.24, 2.45) is 0 Å². The summed E-state index contributed by atoms with van der Waals surface area (Å²) in [5.74, 6) is -2.26. The van der Waals surface area contributed by atoms with Gasteiger partial charge in [0.25, 0.3) is 11.7 Å². The minimum atomic E-state index is -4.58. The van der Waals surface area contributed by atoms with Crippen LogP contribution < -0.4 is 14.4 Å². The summed E-state index contributed by atoms with van der Waals surface area (Å²) in [6.45, 7) is 1.76. The van der Waals surface area contributed by atoms with Gasteiger partial charge in [-0.05, 0) is 48.4 Å². The molecule has 1 aliphatic rings. The topological polar surface area (TPSA) is 76.1 Å². The summed E-state index contributed by atoms with van der Waals surface area (Å²) in [5.41, 5.74) is 0.136. The first-order chi connectivity index (χ1) is 17.5. The number of ketones is 1. The molecule has 0 spiro atoms. The average Bonchev–Trinajstić information content (AvgIpc) is 3.13. The smallest absolute Gasteiger partial charge is 0.416 e. The van der Waals surface area contributed by atoms with Crippen LogP contribution in [0, 0.1) is 6.92 Å². The second kappa shape index (κ2) is 9.82. The van der Waals surface area contributed by atoms with Crippen molar-refractivity contribution in [3.05, 3.63) is 93.5 Å². The molecule has 0 saturated carbocycles. The third-order valence-electron chi connectivity index (χ3n) is 6.13. The van der Waals surface area contributed by atoms with E-state index in [-0.39, 0.29) is 33.3 Å². The fraction of sp³-hybridized carbons (Fsp3) is 0.185. The lowest BCUT2D eigenvalue weighted by molar-refractivity contribution is -0.137. The fourth-order valence-corrected chi connectivity index (χ4v) is 4.52. The Hall–Kier alpha value is -3.98. The van der Waals surface area contributed by atoms with Gasteiger partial charge in [0.2, 0.25) is 0 Å². The second-order valence-electron chi connectivity index (χ2n) is 8.26. The van der Waals surface area contributed by atoms with Gasteiger partial charge in [0.05, 0.1) is 42.0 Å². The van der Waals surface area contributed by atoms with Crippen LogP contribution in [0.15, 0.2) is 66.2 Å². The zero-order valence-corrected chi connectivity index (χ0v) is 20.6. The summed E-state index contributed by atoms with van der Waals surface area (Å²) in [4.78, 5) is 27.7. The Balaban J connectivity index is 1.98. The largest absolute Gasteiger partial charge is 0.507 e. The number of rotatable bonds is 5. The third-order valence-corrected chi connectivity index (χ3v) is 6.42. The van der Waals surface area contributed by atoms with Gasteiger partial charge in [-0.1, -0.05) is 35.9 Å². The quantitative estimate of drug-likeness (QED) is 0.237. The first kappa shape index (κ1) is 26.1. The van der Waals surface area contributed by atoms with Gasteiger partial charge in [0.15, 0.2) is 0 Å². The van der Waals surface area contributed by atoms with E-state index in [2.05, 4.69) is 0 Å². The molecule has 0 radical (unpaired) electrons. The van der Waals surface area contributed by atoms with Gasteiger partial charge in [0, 0.05) is 11.8 Å². The van der Waals surface area contributed by atoms with E-state index in [0.717, 1.165) is 29.2 Å². The number of anilines is 1. The van der Waals surface area contributed by atoms with Gasteiger partial charge in [-0.25, -0.2) is 0 Å². The first-order valence-corrected chi connectivity index (χ1v) is 11.3. The van der Waals surface area contributed by atoms with E-state index >= 15 is 0 Å². The molecule has 1 aliphatic heterocycles. The highest BCUT2D eigenvalue weighted by atomic mass is 35.5. The summed E-state index contributed by atoms with van der Waals surface area (Å²) in [6, 6.07) is 12.4. The van der Waals surface area contributed by atoms with Crippen molar-refractivity contribution in [3.63, 3.8) is 0 Å². The van der Waals surface area contributed by atoms with Gasteiger partial charge in [0.1, 0.15) is 17.3 Å². The van der Waals surface area contributed by atoms with E-state index in [4.69, 9.17) is 21.1 Å². The number of hydrogen-bond donors (Lipinski definition) is 1. The number of amides is 1. The molecular formula is C27H21ClF3NO5. The van der Waals surface area contributed by atoms with Crippen LogP contribution in [0.4, 0.5) is 18.9 Å². The third kappa shape index (κ3) is 4.62. The number of Topliss-reactive ketones (excluding diaryl/α,β-unsaturated/α-hetero) is 1. The van der Waals surface area contributed by atoms with Gasteiger partial charge in [-0.3, -0.25) is 14.5 Å². The predicted molar refractivity (Wildman–Crippen MR) is 132 cm³/mol. The van der Waals surface area contributed by atoms with E-state index in [1.807, 2.05) is 0 Å². The number of ether oxygens (including phenoxy) is 2. The average molecular weight is 532 g/mol. The molecule has 37 heavy (non-hydrogen) atoms. The predicted octanol–water partition coefficient (Wildman–Crippen LogP) is 6.31. The SMILES string of the molecule is COc1cc(/C(O)=C2\C(=O)C(=O)N(c3ccc(C(F)(F)F)cc3)C2c2ccccc2C)c(OC)cc1Cl. The standard InChI is InChI=1S/C27H21ClF3NO5/c1-14-6-4-5-7-17(14)23-22(24(33)18-12-21(37-3)19(28)13-20(18)36-2)25(34)26(35)32(23)16-10-8-15(9-11-16)27(29,30)31/h4-13,23,33H,1-3H3/b24-22+. The minimum absolute atomic E-state index is 0.0488. The zero-order valence-electron chi connectivity index (χ0n) is 19.9. The van der Waals surface area contributed by atoms with Gasteiger partial charge >= 0.3 is 6.18 Å². The highest BCUT2D eigenvalue weighted by Crippen LogP contribution is 2.45. The van der Waals surface area contributed by atoms with Crippen molar-refractivity contribution in [2.45, 2.75) is 19.1 Å². The first-order valence-electron chi connectivity index (χ1n) is 10.9. The van der Waals surface area contributed by atoms with Crippen molar-refractivity contribution < 1.29 is 37.3 Å². The molecule has 3 aromatic carbocycles. The molecule has 1 amide bonds. The van der Waals surface area contributed by atoms with Crippen LogP contribution >= 0.6 is 11.6 Å². The number of hydrogen-bond acceptors (Lipinski definition) is 5. The van der Waals surface area contributed by atoms with Crippen LogP contribution in [-0.4, -0.2) is 31.0 Å². The number of alkyl halides is 3. The highest BCUT2D eigenvalue weighted by molar-refractivity contribution is 6.51. The van der Waals surface area contributed by atoms with Crippen molar-refractivity contribution in [1.82, 2.24) is 0 Å². The number of halogens is 4. The Morgan fingerprint density at radius 3 is 2.16 bits per heavy atom. The molecule has 1 fully saturated rings. The Labute approximate surface area is 215 Å². The number of aliphatic hydroxyl groups excluding tert-OH is 1. The molecule has 0 bridgehead atoms. The molecule has 0 aliphatic carbocycles. The van der Waals surface area contributed by atoms with E-state index in [9.17, 15) is 27.9 Å². The van der Waals surface area contributed by atoms with Crippen molar-refractivity contribution in [2.75, 3.05) is 19.1 Å². The van der Waals surface area contributed by atoms with Crippen molar-refractivity contribution in [1.29, 1.82) is 0 Å². The maximum Gasteiger partial charge on any atom is 0.416 e. The van der Waals surface area contributed by atoms with Crippen LogP contribution in [0.3, 0.4) is 0 Å². The van der Waals surface area contributed by atoms with Crippen molar-refractivity contribution >= 4 is 34.7 Å². The molecule has 1 heterocycles. The maximum atomic E-state index is 13.4. The lowest BCUT2D eigenvalue weighted by atomic mass is 9.92. The molecule has 1 saturated heterocycles. The molecule has 0 aromatic heterocycles. The summed E-state index contributed by atoms with van der Waals surface area (Å²) >= 11 is 6.18. The molecule has 3 aromatic rings. The number of methoxy groups -OCH3 is 2. The van der Waals surface area contributed by atoms with E-state index in [1.165, 1.54) is 26.4 Å². The Morgan fingerprint density at radius 1 is 0.973 bits per heavy atom. The maximum absolute atomic E-state index is 13.4. The summed E-state index contributed by atoms with van der Waals surface area (Å²) < 4.78 is 50.0. The lowest BCUT2D eigenvalue weighted by Crippen LogP contribution is -2.29. The number of carbonyl (C=O) groups excluding carboxylic acids is 2. The Kier molecular flexibility index (Phi) is 6.92. The normalized spacial score (nSPS) is 17.3. The van der Waals surface area contributed by atoms with Crippen LogP contribution in [0.5, 0.6) is 11.5 Å². The summed E-state index contributed by atoms with van der Waals surface area (Å²) in [5, 5.41) is 11.6. The molecular weight excluding hydrogens is 511 g/mol. The van der Waals surface area contributed by atoms with E-state index in [1.54, 1.807) is 31.2 Å². The molecule has 6 nitrogen and oxygen atoms in total. The highest BCUT2D eigenvalue weighted by Gasteiger charge is 2.48. The lowest BCUT2D eigenvalue weighted by Gasteiger charge is -2.27. The molecule has 10 heteroatoms. The molecule has 4 rings (SSSR count). The minimum Gasteiger partial charge on any atom is -0.507 e. The van der Waals surface area contributed by atoms with Gasteiger partial charge in [-0.2, -0.15) is 13.2 Å². The van der Waals surface area contributed by atoms with Gasteiger partial charge < -0.3 is 14.6 Å². The van der Waals surface area contributed by atoms with E-state index < -0.39 is 35.2 Å². The monoisotopic (exact) mass is 531 g/mol. The summed E-state index contributed by atoms with van der Waals surface area (Å²) in [7, 11) is 2.71. The Morgan fingerprint density at radius 2 is 1.59 bits per heavy atom. The Bertz CT molecular complexity index is 1420. The van der Waals surface area contributed by atoms with Crippen LogP contribution in [0.1, 0.15) is 28.3 Å². The summed E-state index contributed by atoms with van der Waals surface area (Å²) in [6.07, 6.45) is -4.58. The van der Waals surface area contributed by atoms with Gasteiger partial charge in [-0.15, -0.1) is 0 Å². The number of nitrogens with zero attached hydrogens (tertiary/aromatic N) is 1. The molecule has 1 atom stereocenters. The van der Waals surface area contributed by atoms with Crippen LogP contribution in [-0.2, 0) is 15.8 Å². The van der Waals surface area contributed by atoms with Crippen molar-refractivity contribution in [3.8, 4) is 11.5 Å². The number of benzene rings is 3. The zero-order chi connectivity index (χ0) is 27.1. The second-order valence-corrected chi connectivity index (χ2v) is 8.66. The molecule has 1 N–H and O–H groups in total. The number of aliphatic hydroxyl groups is 1. The van der Waals surface area contributed by atoms with Crippen LogP contribution in [0.25, 0.3) is 5.76 Å². The van der Waals surface area contributed by atoms with Crippen LogP contribution in [0.2, 0.25) is 5.02 Å². The van der Waals surface area contributed by atoms with E-state index in [0.29, 0.717) is 11.1 Å². The molecule has 192 valence electrons. The number of carbonyl (C=O) groups is 2. The number of aryl methyl sites for hydroxylation is 1. The molecule has 1 unspecified atom stereocenters. The fourth-order valence-electron chi connectivity index (χ4n) is 4.29.